The number of aryl methyl sites for hydroxylation is 1. The molecule has 0 radical (unpaired) electrons. The Morgan fingerprint density at radius 2 is 1.77 bits per heavy atom. The number of benzene rings is 1. The minimum absolute atomic E-state index is 0.0346. The number of aromatic nitrogens is 3. The van der Waals surface area contributed by atoms with E-state index in [-0.39, 0.29) is 5.56 Å². The van der Waals surface area contributed by atoms with Gasteiger partial charge in [-0.3, -0.25) is 9.78 Å². The summed E-state index contributed by atoms with van der Waals surface area (Å²) in [5.41, 5.74) is 2.00. The van der Waals surface area contributed by atoms with E-state index in [1.807, 2.05) is 36.4 Å². The highest BCUT2D eigenvalue weighted by Crippen LogP contribution is 2.15. The van der Waals surface area contributed by atoms with E-state index in [0.717, 1.165) is 41.3 Å². The lowest BCUT2D eigenvalue weighted by molar-refractivity contribution is 0.619. The molecule has 2 aromatic heterocycles. The molecule has 0 N–H and O–H groups in total. The van der Waals surface area contributed by atoms with E-state index in [9.17, 15) is 4.79 Å². The molecule has 3 aromatic rings. The Kier molecular flexibility index (Phi) is 4.28. The van der Waals surface area contributed by atoms with Crippen molar-refractivity contribution in [2.24, 2.45) is 0 Å². The largest absolute Gasteiger partial charge is 0.274 e. The van der Waals surface area contributed by atoms with Crippen LogP contribution in [0.4, 0.5) is 0 Å². The molecule has 0 fully saturated rings. The van der Waals surface area contributed by atoms with Gasteiger partial charge in [-0.15, -0.1) is 0 Å². The number of hydrogen-bond acceptors (Lipinski definition) is 3. The lowest BCUT2D eigenvalue weighted by Crippen LogP contribution is -2.25. The molecule has 4 nitrogen and oxygen atoms in total. The number of rotatable bonds is 5. The average molecular weight is 293 g/mol. The van der Waals surface area contributed by atoms with Gasteiger partial charge in [0.2, 0.25) is 0 Å². The van der Waals surface area contributed by atoms with Crippen LogP contribution < -0.4 is 5.56 Å². The Balaban J connectivity index is 2.10. The van der Waals surface area contributed by atoms with E-state index in [2.05, 4.69) is 17.0 Å². The topological polar surface area (TPSA) is 47.8 Å². The molecule has 112 valence electrons. The first kappa shape index (κ1) is 14.4. The van der Waals surface area contributed by atoms with Gasteiger partial charge in [0.25, 0.3) is 5.56 Å². The number of hydrogen-bond donors (Lipinski definition) is 0. The Morgan fingerprint density at radius 1 is 1.05 bits per heavy atom. The Hall–Kier alpha value is -2.49. The Labute approximate surface area is 129 Å². The summed E-state index contributed by atoms with van der Waals surface area (Å²) < 4.78 is 1.57. The molecule has 0 bridgehead atoms. The number of unbranched alkanes of at least 4 members (excludes halogenated alkanes) is 1. The van der Waals surface area contributed by atoms with Gasteiger partial charge in [0, 0.05) is 17.8 Å². The minimum Gasteiger partial charge on any atom is -0.267 e. The van der Waals surface area contributed by atoms with Crippen molar-refractivity contribution >= 4 is 10.8 Å². The van der Waals surface area contributed by atoms with Crippen LogP contribution in [0.5, 0.6) is 0 Å². The Bertz CT molecular complexity index is 825. The zero-order valence-corrected chi connectivity index (χ0v) is 12.7. The van der Waals surface area contributed by atoms with Crippen LogP contribution in [0.3, 0.4) is 0 Å². The summed E-state index contributed by atoms with van der Waals surface area (Å²) in [6, 6.07) is 11.6. The third-order valence-electron chi connectivity index (χ3n) is 3.79. The van der Waals surface area contributed by atoms with Gasteiger partial charge in [0.05, 0.1) is 17.6 Å². The van der Waals surface area contributed by atoms with Gasteiger partial charge in [0.15, 0.2) is 0 Å². The highest BCUT2D eigenvalue weighted by molar-refractivity contribution is 5.83. The smallest absolute Gasteiger partial charge is 0.267 e. The molecule has 0 saturated heterocycles. The molecular formula is C18H19N3O. The van der Waals surface area contributed by atoms with Gasteiger partial charge in [-0.2, -0.15) is 5.10 Å². The summed E-state index contributed by atoms with van der Waals surface area (Å²) in [7, 11) is 0. The second-order valence-electron chi connectivity index (χ2n) is 5.41. The highest BCUT2D eigenvalue weighted by Gasteiger charge is 2.10. The maximum absolute atomic E-state index is 12.6. The molecule has 1 aromatic carbocycles. The number of fused-ring (bicyclic) bond motifs is 1. The van der Waals surface area contributed by atoms with Crippen molar-refractivity contribution in [2.75, 3.05) is 0 Å². The zero-order chi connectivity index (χ0) is 15.4. The van der Waals surface area contributed by atoms with E-state index in [0.29, 0.717) is 6.54 Å². The quantitative estimate of drug-likeness (QED) is 0.726. The van der Waals surface area contributed by atoms with Crippen LogP contribution in [0.2, 0.25) is 0 Å². The van der Waals surface area contributed by atoms with Crippen LogP contribution in [0.1, 0.15) is 31.0 Å². The van der Waals surface area contributed by atoms with Crippen molar-refractivity contribution in [3.05, 3.63) is 70.4 Å². The molecule has 0 aliphatic rings. The van der Waals surface area contributed by atoms with Gasteiger partial charge in [-0.1, -0.05) is 31.5 Å². The van der Waals surface area contributed by atoms with Crippen LogP contribution in [-0.4, -0.2) is 14.8 Å². The lowest BCUT2D eigenvalue weighted by atomic mass is 10.1. The summed E-state index contributed by atoms with van der Waals surface area (Å²) in [5.74, 6) is 0. The van der Waals surface area contributed by atoms with Crippen LogP contribution in [-0.2, 0) is 13.0 Å². The third kappa shape index (κ3) is 2.91. The van der Waals surface area contributed by atoms with Crippen LogP contribution in [0.25, 0.3) is 10.8 Å². The van der Waals surface area contributed by atoms with Gasteiger partial charge < -0.3 is 0 Å². The fraction of sp³-hybridized carbons (Fsp3) is 0.278. The summed E-state index contributed by atoms with van der Waals surface area (Å²) in [4.78, 5) is 16.7. The molecule has 3 rings (SSSR count). The molecule has 0 atom stereocenters. The molecule has 0 unspecified atom stereocenters. The molecule has 4 heteroatoms. The van der Waals surface area contributed by atoms with Crippen molar-refractivity contribution < 1.29 is 0 Å². The van der Waals surface area contributed by atoms with Crippen molar-refractivity contribution in [1.29, 1.82) is 0 Å². The molecule has 0 aliphatic carbocycles. The molecular weight excluding hydrogens is 274 g/mol. The van der Waals surface area contributed by atoms with Crippen LogP contribution in [0, 0.1) is 0 Å². The van der Waals surface area contributed by atoms with Gasteiger partial charge in [-0.05, 0) is 36.6 Å². The molecule has 0 saturated carbocycles. The van der Waals surface area contributed by atoms with Crippen LogP contribution in [0.15, 0.2) is 53.6 Å². The van der Waals surface area contributed by atoms with Gasteiger partial charge >= 0.3 is 0 Å². The second-order valence-corrected chi connectivity index (χ2v) is 5.41. The third-order valence-corrected chi connectivity index (χ3v) is 3.79. The van der Waals surface area contributed by atoms with E-state index >= 15 is 0 Å². The van der Waals surface area contributed by atoms with Gasteiger partial charge in [-0.25, -0.2) is 4.68 Å². The molecule has 2 heterocycles. The van der Waals surface area contributed by atoms with E-state index in [1.54, 1.807) is 17.1 Å². The van der Waals surface area contributed by atoms with Crippen molar-refractivity contribution in [3.63, 3.8) is 0 Å². The lowest BCUT2D eigenvalue weighted by Gasteiger charge is -2.11. The molecule has 0 spiro atoms. The van der Waals surface area contributed by atoms with E-state index in [4.69, 9.17) is 0 Å². The number of pyridine rings is 1. The summed E-state index contributed by atoms with van der Waals surface area (Å²) in [6.07, 6.45) is 6.55. The maximum atomic E-state index is 12.6. The monoisotopic (exact) mass is 293 g/mol. The predicted molar refractivity (Wildman–Crippen MR) is 88.0 cm³/mol. The molecule has 22 heavy (non-hydrogen) atoms. The first-order valence-corrected chi connectivity index (χ1v) is 7.67. The first-order valence-electron chi connectivity index (χ1n) is 7.67. The standard InChI is InChI=1S/C18H19N3O/c1-2-3-8-17-15-6-4-5-7-16(15)18(22)21(20-17)13-14-9-11-19-12-10-14/h4-7,9-12H,2-3,8,13H2,1H3. The van der Waals surface area contributed by atoms with E-state index in [1.165, 1.54) is 0 Å². The average Bonchev–Trinajstić information content (AvgIpc) is 2.57. The SMILES string of the molecule is CCCCc1nn(Cc2ccncc2)c(=O)c2ccccc12. The minimum atomic E-state index is -0.0346. The fourth-order valence-corrected chi connectivity index (χ4v) is 2.60. The highest BCUT2D eigenvalue weighted by atomic mass is 16.1. The summed E-state index contributed by atoms with van der Waals surface area (Å²) >= 11 is 0. The van der Waals surface area contributed by atoms with Crippen LogP contribution >= 0.6 is 0 Å². The van der Waals surface area contributed by atoms with Crippen molar-refractivity contribution in [1.82, 2.24) is 14.8 Å². The molecule has 0 aliphatic heterocycles. The second kappa shape index (κ2) is 6.52. The molecule has 0 amide bonds. The number of nitrogens with zero attached hydrogens (tertiary/aromatic N) is 3. The van der Waals surface area contributed by atoms with E-state index < -0.39 is 0 Å². The fourth-order valence-electron chi connectivity index (χ4n) is 2.60. The summed E-state index contributed by atoms with van der Waals surface area (Å²) in [5, 5.41) is 6.34. The zero-order valence-electron chi connectivity index (χ0n) is 12.7. The summed E-state index contributed by atoms with van der Waals surface area (Å²) in [6.45, 7) is 2.64. The normalized spacial score (nSPS) is 11.0. The first-order chi connectivity index (χ1) is 10.8. The van der Waals surface area contributed by atoms with Gasteiger partial charge in [0.1, 0.15) is 0 Å². The van der Waals surface area contributed by atoms with Crippen molar-refractivity contribution in [2.45, 2.75) is 32.7 Å². The van der Waals surface area contributed by atoms with Crippen molar-refractivity contribution in [3.8, 4) is 0 Å². The predicted octanol–water partition coefficient (Wildman–Crippen LogP) is 3.18. The maximum Gasteiger partial charge on any atom is 0.274 e. The Morgan fingerprint density at radius 3 is 2.50 bits per heavy atom.